The molecule has 9 heteroatoms. The summed E-state index contributed by atoms with van der Waals surface area (Å²) in [4.78, 5) is 39.9. The number of hydrogen-bond donors (Lipinski definition) is 2. The maximum atomic E-state index is 12.1. The van der Waals surface area contributed by atoms with Gasteiger partial charge in [-0.2, -0.15) is 0 Å². The van der Waals surface area contributed by atoms with E-state index in [-0.39, 0.29) is 18.1 Å². The van der Waals surface area contributed by atoms with Crippen LogP contribution in [-0.2, 0) is 9.53 Å². The van der Waals surface area contributed by atoms with Gasteiger partial charge in [0.05, 0.1) is 13.2 Å². The van der Waals surface area contributed by atoms with Gasteiger partial charge in [0.1, 0.15) is 11.4 Å². The van der Waals surface area contributed by atoms with E-state index >= 15 is 0 Å². The van der Waals surface area contributed by atoms with E-state index in [1.165, 1.54) is 0 Å². The molecule has 0 bridgehead atoms. The summed E-state index contributed by atoms with van der Waals surface area (Å²) in [6, 6.07) is 7.63. The number of amides is 1. The first-order valence-electron chi connectivity index (χ1n) is 9.09. The van der Waals surface area contributed by atoms with Crippen molar-refractivity contribution < 1.29 is 9.53 Å². The van der Waals surface area contributed by atoms with Gasteiger partial charge in [-0.1, -0.05) is 17.7 Å². The Kier molecular flexibility index (Phi) is 6.53. The molecule has 0 saturated carbocycles. The van der Waals surface area contributed by atoms with Crippen LogP contribution in [0.25, 0.3) is 0 Å². The SMILES string of the molecule is COCCNC(=O)CNc1c(N2CCN(c3cccc(Cl)c3)CC2)c(=O)c1=O. The Hall–Kier alpha value is -2.58. The zero-order chi connectivity index (χ0) is 20.1. The van der Waals surface area contributed by atoms with Gasteiger partial charge in [-0.3, -0.25) is 14.4 Å². The number of anilines is 3. The molecule has 0 unspecified atom stereocenters. The maximum Gasteiger partial charge on any atom is 0.253 e. The second-order valence-electron chi connectivity index (χ2n) is 6.53. The predicted molar refractivity (Wildman–Crippen MR) is 111 cm³/mol. The van der Waals surface area contributed by atoms with Gasteiger partial charge in [0, 0.05) is 50.5 Å². The number of benzene rings is 1. The van der Waals surface area contributed by atoms with Gasteiger partial charge in [-0.05, 0) is 18.2 Å². The first kappa shape index (κ1) is 20.2. The number of carbonyl (C=O) groups is 1. The van der Waals surface area contributed by atoms with Crippen LogP contribution >= 0.6 is 11.6 Å². The summed E-state index contributed by atoms with van der Waals surface area (Å²) >= 11 is 6.05. The lowest BCUT2D eigenvalue weighted by atomic mass is 10.1. The van der Waals surface area contributed by atoms with E-state index in [0.717, 1.165) is 5.69 Å². The first-order chi connectivity index (χ1) is 13.5. The van der Waals surface area contributed by atoms with Gasteiger partial charge in [-0.15, -0.1) is 0 Å². The molecule has 0 aromatic heterocycles. The molecule has 0 aliphatic carbocycles. The number of carbonyl (C=O) groups excluding carboxylic acids is 1. The number of hydrogen-bond acceptors (Lipinski definition) is 7. The molecular formula is C19H23ClN4O4. The van der Waals surface area contributed by atoms with Crippen molar-refractivity contribution in [3.8, 4) is 0 Å². The summed E-state index contributed by atoms with van der Waals surface area (Å²) in [6.07, 6.45) is 0. The topological polar surface area (TPSA) is 91.0 Å². The van der Waals surface area contributed by atoms with Crippen LogP contribution in [0.5, 0.6) is 0 Å². The normalized spacial score (nSPS) is 14.4. The highest BCUT2D eigenvalue weighted by atomic mass is 35.5. The minimum atomic E-state index is -0.572. The second kappa shape index (κ2) is 9.07. The summed E-state index contributed by atoms with van der Waals surface area (Å²) in [5.74, 6) is -0.262. The van der Waals surface area contributed by atoms with Crippen LogP contribution in [0.3, 0.4) is 0 Å². The van der Waals surface area contributed by atoms with Crippen molar-refractivity contribution in [2.45, 2.75) is 0 Å². The standard InChI is InChI=1S/C19H23ClN4O4/c1-28-10-5-21-15(25)12-22-16-17(19(27)18(16)26)24-8-6-23(7-9-24)14-4-2-3-13(20)11-14/h2-4,11,22H,5-10,12H2,1H3,(H,21,25). The van der Waals surface area contributed by atoms with E-state index in [2.05, 4.69) is 15.5 Å². The Morgan fingerprint density at radius 2 is 1.86 bits per heavy atom. The average molecular weight is 407 g/mol. The van der Waals surface area contributed by atoms with E-state index in [1.807, 2.05) is 29.2 Å². The molecule has 28 heavy (non-hydrogen) atoms. The van der Waals surface area contributed by atoms with Crippen molar-refractivity contribution in [2.24, 2.45) is 0 Å². The van der Waals surface area contributed by atoms with Crippen molar-refractivity contribution in [3.05, 3.63) is 49.7 Å². The summed E-state index contributed by atoms with van der Waals surface area (Å²) in [5.41, 5.74) is 0.558. The van der Waals surface area contributed by atoms with E-state index < -0.39 is 10.9 Å². The molecule has 1 amide bonds. The maximum absolute atomic E-state index is 12.1. The fourth-order valence-corrected chi connectivity index (χ4v) is 3.41. The Labute approximate surface area is 167 Å². The largest absolute Gasteiger partial charge is 0.383 e. The average Bonchev–Trinajstić information content (AvgIpc) is 2.71. The molecule has 8 nitrogen and oxygen atoms in total. The number of piperazine rings is 1. The van der Waals surface area contributed by atoms with Gasteiger partial charge < -0.3 is 25.2 Å². The van der Waals surface area contributed by atoms with Crippen LogP contribution in [0.2, 0.25) is 5.02 Å². The highest BCUT2D eigenvalue weighted by Gasteiger charge is 2.28. The van der Waals surface area contributed by atoms with Crippen molar-refractivity contribution in [2.75, 3.05) is 68.1 Å². The quantitative estimate of drug-likeness (QED) is 0.485. The van der Waals surface area contributed by atoms with E-state index in [0.29, 0.717) is 50.0 Å². The lowest BCUT2D eigenvalue weighted by Crippen LogP contribution is -2.52. The Bertz CT molecular complexity index is 902. The number of nitrogens with one attached hydrogen (secondary N) is 2. The van der Waals surface area contributed by atoms with Gasteiger partial charge in [-0.25, -0.2) is 0 Å². The molecule has 3 rings (SSSR count). The number of halogens is 1. The molecule has 1 heterocycles. The first-order valence-corrected chi connectivity index (χ1v) is 9.47. The van der Waals surface area contributed by atoms with Crippen LogP contribution in [0.15, 0.2) is 33.9 Å². The van der Waals surface area contributed by atoms with Crippen LogP contribution in [0.4, 0.5) is 17.1 Å². The summed E-state index contributed by atoms with van der Waals surface area (Å²) in [5, 5.41) is 6.15. The smallest absolute Gasteiger partial charge is 0.253 e. The van der Waals surface area contributed by atoms with Gasteiger partial charge in [0.25, 0.3) is 10.9 Å². The fraction of sp³-hybridized carbons (Fsp3) is 0.421. The number of ether oxygens (including phenoxy) is 1. The molecule has 0 spiro atoms. The molecule has 150 valence electrons. The second-order valence-corrected chi connectivity index (χ2v) is 6.97. The summed E-state index contributed by atoms with van der Waals surface area (Å²) in [7, 11) is 1.55. The molecule has 0 atom stereocenters. The third-order valence-electron chi connectivity index (χ3n) is 4.71. The van der Waals surface area contributed by atoms with Crippen LogP contribution in [0.1, 0.15) is 0 Å². The minimum Gasteiger partial charge on any atom is -0.383 e. The minimum absolute atomic E-state index is 0.0654. The van der Waals surface area contributed by atoms with E-state index in [9.17, 15) is 14.4 Å². The van der Waals surface area contributed by atoms with Crippen LogP contribution in [-0.4, -0.2) is 58.9 Å². The zero-order valence-corrected chi connectivity index (χ0v) is 16.4. The number of methoxy groups -OCH3 is 1. The van der Waals surface area contributed by atoms with Crippen LogP contribution < -0.4 is 31.3 Å². The Balaban J connectivity index is 1.58. The van der Waals surface area contributed by atoms with Crippen LogP contribution in [0, 0.1) is 0 Å². The Morgan fingerprint density at radius 1 is 1.14 bits per heavy atom. The lowest BCUT2D eigenvalue weighted by Gasteiger charge is -2.38. The molecule has 2 aromatic rings. The van der Waals surface area contributed by atoms with Crippen molar-refractivity contribution in [1.82, 2.24) is 5.32 Å². The molecule has 1 aliphatic heterocycles. The molecule has 0 radical (unpaired) electrons. The molecule has 1 saturated heterocycles. The predicted octanol–water partition coefficient (Wildman–Crippen LogP) is 0.437. The summed E-state index contributed by atoms with van der Waals surface area (Å²) < 4.78 is 4.86. The molecule has 2 N–H and O–H groups in total. The summed E-state index contributed by atoms with van der Waals surface area (Å²) in [6.45, 7) is 3.35. The molecule has 1 fully saturated rings. The third kappa shape index (κ3) is 4.45. The van der Waals surface area contributed by atoms with Crippen molar-refractivity contribution >= 4 is 34.6 Å². The number of rotatable bonds is 8. The lowest BCUT2D eigenvalue weighted by molar-refractivity contribution is -0.119. The van der Waals surface area contributed by atoms with Gasteiger partial charge in [0.2, 0.25) is 5.91 Å². The highest BCUT2D eigenvalue weighted by molar-refractivity contribution is 6.30. The third-order valence-corrected chi connectivity index (χ3v) is 4.94. The van der Waals surface area contributed by atoms with Crippen molar-refractivity contribution in [1.29, 1.82) is 0 Å². The Morgan fingerprint density at radius 3 is 2.54 bits per heavy atom. The highest BCUT2D eigenvalue weighted by Crippen LogP contribution is 2.25. The van der Waals surface area contributed by atoms with E-state index in [1.54, 1.807) is 7.11 Å². The zero-order valence-electron chi connectivity index (χ0n) is 15.7. The number of nitrogens with zero attached hydrogens (tertiary/aromatic N) is 2. The van der Waals surface area contributed by atoms with Gasteiger partial charge in [0.15, 0.2) is 0 Å². The molecule has 1 aliphatic rings. The fourth-order valence-electron chi connectivity index (χ4n) is 3.23. The molecule has 2 aromatic carbocycles. The van der Waals surface area contributed by atoms with E-state index in [4.69, 9.17) is 16.3 Å². The molecular weight excluding hydrogens is 384 g/mol. The van der Waals surface area contributed by atoms with Gasteiger partial charge >= 0.3 is 0 Å². The monoisotopic (exact) mass is 406 g/mol. The van der Waals surface area contributed by atoms with Crippen molar-refractivity contribution in [3.63, 3.8) is 0 Å².